The summed E-state index contributed by atoms with van der Waals surface area (Å²) in [5.74, 6) is 1.00. The number of hydrogen-bond donors (Lipinski definition) is 3. The van der Waals surface area contributed by atoms with Gasteiger partial charge in [0, 0.05) is 35.6 Å². The molecule has 31 heavy (non-hydrogen) atoms. The van der Waals surface area contributed by atoms with E-state index in [9.17, 15) is 9.59 Å². The maximum absolute atomic E-state index is 12.0. The summed E-state index contributed by atoms with van der Waals surface area (Å²) in [5, 5.41) is 12.4. The van der Waals surface area contributed by atoms with Crippen molar-refractivity contribution in [2.24, 2.45) is 0 Å². The first-order valence-electron chi connectivity index (χ1n) is 10.2. The zero-order valence-corrected chi connectivity index (χ0v) is 17.5. The molecule has 0 spiro atoms. The molecule has 3 N–H and O–H groups in total. The Morgan fingerprint density at radius 3 is 2.39 bits per heavy atom. The summed E-state index contributed by atoms with van der Waals surface area (Å²) in [6.45, 7) is 1.23. The molecule has 0 aliphatic rings. The van der Waals surface area contributed by atoms with Gasteiger partial charge in [-0.15, -0.1) is 0 Å². The minimum Gasteiger partial charge on any atom is -0.497 e. The Hall–Kier alpha value is -3.52. The van der Waals surface area contributed by atoms with E-state index in [4.69, 9.17) is 14.7 Å². The largest absolute Gasteiger partial charge is 0.497 e. The fraction of sp³-hybridized carbons (Fsp3) is 0.304. The molecule has 0 bridgehead atoms. The van der Waals surface area contributed by atoms with Gasteiger partial charge in [0.25, 0.3) is 0 Å². The van der Waals surface area contributed by atoms with Crippen LogP contribution in [0.1, 0.15) is 25.7 Å². The number of nitrogens with one attached hydrogen (secondary N) is 2. The second-order valence-corrected chi connectivity index (χ2v) is 7.10. The molecule has 8 heteroatoms. The maximum atomic E-state index is 12.0. The zero-order chi connectivity index (χ0) is 22.1. The molecule has 3 rings (SSSR count). The summed E-state index contributed by atoms with van der Waals surface area (Å²) in [5.41, 5.74) is 3.39. The van der Waals surface area contributed by atoms with Crippen molar-refractivity contribution < 1.29 is 24.3 Å². The summed E-state index contributed by atoms with van der Waals surface area (Å²) in [6.07, 6.45) is 3.65. The number of unbranched alkanes of at least 4 members (excludes halogenated alkanes) is 1. The third-order valence-corrected chi connectivity index (χ3v) is 4.90. The average Bonchev–Trinajstić information content (AvgIpc) is 3.19. The van der Waals surface area contributed by atoms with Gasteiger partial charge in [-0.3, -0.25) is 14.8 Å². The number of hydrogen-bond acceptors (Lipinski definition) is 5. The number of carbonyl (C=O) groups is 2. The third kappa shape index (κ3) is 6.48. The topological polar surface area (TPSA) is 102 Å². The standard InChI is InChI=1S/C23H27N3O5/c1-30-20-10-11-21-17(16-20)12-13-26(21)14-15-31-19-8-6-18(7-9-19)24-22(27)4-2-3-5-23(28)25-29/h6-13,16,29H,2-5,14-15H2,1H3,(H,24,27)(H,25,28). The molecule has 8 nitrogen and oxygen atoms in total. The predicted octanol–water partition coefficient (Wildman–Crippen LogP) is 3.73. The monoisotopic (exact) mass is 425 g/mol. The van der Waals surface area contributed by atoms with Crippen molar-refractivity contribution in [2.75, 3.05) is 19.0 Å². The highest BCUT2D eigenvalue weighted by molar-refractivity contribution is 5.90. The second-order valence-electron chi connectivity index (χ2n) is 7.10. The van der Waals surface area contributed by atoms with Crippen LogP contribution in [-0.2, 0) is 16.1 Å². The number of fused-ring (bicyclic) bond motifs is 1. The summed E-state index contributed by atoms with van der Waals surface area (Å²) in [6, 6.07) is 15.3. The van der Waals surface area contributed by atoms with Crippen LogP contribution < -0.4 is 20.3 Å². The fourth-order valence-electron chi connectivity index (χ4n) is 3.25. The van der Waals surface area contributed by atoms with Gasteiger partial charge in [0.05, 0.1) is 13.7 Å². The lowest BCUT2D eigenvalue weighted by Gasteiger charge is -2.10. The van der Waals surface area contributed by atoms with E-state index in [-0.39, 0.29) is 12.3 Å². The van der Waals surface area contributed by atoms with Gasteiger partial charge in [-0.2, -0.15) is 0 Å². The maximum Gasteiger partial charge on any atom is 0.243 e. The number of hydroxylamine groups is 1. The van der Waals surface area contributed by atoms with Gasteiger partial charge in [-0.1, -0.05) is 0 Å². The zero-order valence-electron chi connectivity index (χ0n) is 17.5. The first kappa shape index (κ1) is 22.2. The second kappa shape index (κ2) is 11.0. The summed E-state index contributed by atoms with van der Waals surface area (Å²) in [4.78, 5) is 22.9. The Morgan fingerprint density at radius 2 is 1.68 bits per heavy atom. The van der Waals surface area contributed by atoms with Crippen molar-refractivity contribution in [1.29, 1.82) is 0 Å². The highest BCUT2D eigenvalue weighted by Crippen LogP contribution is 2.22. The highest BCUT2D eigenvalue weighted by Gasteiger charge is 2.06. The fourth-order valence-corrected chi connectivity index (χ4v) is 3.25. The Kier molecular flexibility index (Phi) is 7.89. The molecule has 0 atom stereocenters. The van der Waals surface area contributed by atoms with Gasteiger partial charge < -0.3 is 19.4 Å². The lowest BCUT2D eigenvalue weighted by atomic mass is 10.2. The summed E-state index contributed by atoms with van der Waals surface area (Å²) < 4.78 is 13.2. The van der Waals surface area contributed by atoms with Crippen LogP contribution in [0, 0.1) is 0 Å². The van der Waals surface area contributed by atoms with Crippen molar-refractivity contribution in [3.8, 4) is 11.5 Å². The molecule has 0 aliphatic heterocycles. The minimum absolute atomic E-state index is 0.116. The molecule has 2 aromatic carbocycles. The first-order valence-corrected chi connectivity index (χ1v) is 10.2. The molecule has 0 fully saturated rings. The number of ether oxygens (including phenoxy) is 2. The van der Waals surface area contributed by atoms with Gasteiger partial charge in [0.2, 0.25) is 11.8 Å². The lowest BCUT2D eigenvalue weighted by Crippen LogP contribution is -2.18. The van der Waals surface area contributed by atoms with Crippen LogP contribution in [0.4, 0.5) is 5.69 Å². The third-order valence-electron chi connectivity index (χ3n) is 4.90. The van der Waals surface area contributed by atoms with E-state index < -0.39 is 5.91 Å². The van der Waals surface area contributed by atoms with Gasteiger partial charge in [0.1, 0.15) is 18.1 Å². The smallest absolute Gasteiger partial charge is 0.243 e. The van der Waals surface area contributed by atoms with E-state index in [1.165, 1.54) is 0 Å². The molecule has 0 saturated heterocycles. The molecule has 0 radical (unpaired) electrons. The number of methoxy groups -OCH3 is 1. The van der Waals surface area contributed by atoms with Crippen LogP contribution in [0.15, 0.2) is 54.7 Å². The number of aromatic nitrogens is 1. The molecule has 1 heterocycles. The SMILES string of the molecule is COc1ccc2c(ccn2CCOc2ccc(NC(=O)CCCCC(=O)NO)cc2)c1. The molecule has 0 saturated carbocycles. The quantitative estimate of drug-likeness (QED) is 0.247. The number of carbonyl (C=O) groups excluding carboxylic acids is 2. The lowest BCUT2D eigenvalue weighted by molar-refractivity contribution is -0.129. The van der Waals surface area contributed by atoms with E-state index in [0.29, 0.717) is 38.1 Å². The first-order chi connectivity index (χ1) is 15.1. The number of rotatable bonds is 11. The van der Waals surface area contributed by atoms with Crippen LogP contribution in [0.5, 0.6) is 11.5 Å². The van der Waals surface area contributed by atoms with Gasteiger partial charge >= 0.3 is 0 Å². The summed E-state index contributed by atoms with van der Waals surface area (Å²) in [7, 11) is 1.66. The Balaban J connectivity index is 1.41. The van der Waals surface area contributed by atoms with Crippen LogP contribution in [0.2, 0.25) is 0 Å². The Morgan fingerprint density at radius 1 is 0.968 bits per heavy atom. The number of nitrogens with zero attached hydrogens (tertiary/aromatic N) is 1. The van der Waals surface area contributed by atoms with Crippen LogP contribution in [-0.4, -0.2) is 35.3 Å². The molecule has 0 aliphatic carbocycles. The molecular formula is C23H27N3O5. The molecule has 3 aromatic rings. The Bertz CT molecular complexity index is 1010. The van der Waals surface area contributed by atoms with E-state index in [0.717, 1.165) is 22.4 Å². The van der Waals surface area contributed by atoms with Crippen LogP contribution in [0.3, 0.4) is 0 Å². The molecule has 1 aromatic heterocycles. The van der Waals surface area contributed by atoms with Crippen LogP contribution in [0.25, 0.3) is 10.9 Å². The van der Waals surface area contributed by atoms with E-state index in [2.05, 4.69) is 16.0 Å². The van der Waals surface area contributed by atoms with E-state index in [1.807, 2.05) is 36.5 Å². The highest BCUT2D eigenvalue weighted by atomic mass is 16.5. The number of anilines is 1. The Labute approximate surface area is 180 Å². The molecular weight excluding hydrogens is 398 g/mol. The normalized spacial score (nSPS) is 10.6. The van der Waals surface area contributed by atoms with Gasteiger partial charge in [0.15, 0.2) is 0 Å². The molecule has 0 unspecified atom stereocenters. The van der Waals surface area contributed by atoms with Gasteiger partial charge in [-0.25, -0.2) is 5.48 Å². The van der Waals surface area contributed by atoms with E-state index >= 15 is 0 Å². The van der Waals surface area contributed by atoms with Crippen molar-refractivity contribution in [3.05, 3.63) is 54.7 Å². The predicted molar refractivity (Wildman–Crippen MR) is 117 cm³/mol. The molecule has 2 amide bonds. The average molecular weight is 425 g/mol. The number of amides is 2. The molecule has 164 valence electrons. The van der Waals surface area contributed by atoms with Crippen molar-refractivity contribution in [2.45, 2.75) is 32.2 Å². The van der Waals surface area contributed by atoms with Crippen molar-refractivity contribution in [3.63, 3.8) is 0 Å². The number of benzene rings is 2. The van der Waals surface area contributed by atoms with Crippen molar-refractivity contribution in [1.82, 2.24) is 10.0 Å². The van der Waals surface area contributed by atoms with E-state index in [1.54, 1.807) is 24.7 Å². The minimum atomic E-state index is -0.443. The van der Waals surface area contributed by atoms with Crippen LogP contribution >= 0.6 is 0 Å². The summed E-state index contributed by atoms with van der Waals surface area (Å²) >= 11 is 0. The van der Waals surface area contributed by atoms with Gasteiger partial charge in [-0.05, 0) is 61.4 Å². The van der Waals surface area contributed by atoms with Crippen molar-refractivity contribution >= 4 is 28.4 Å².